The Balaban J connectivity index is 2.38. The van der Waals surface area contributed by atoms with Crippen LogP contribution >= 0.6 is 0 Å². The SMILES string of the molecule is NN1CCOCC1C=O. The van der Waals surface area contributed by atoms with Crippen LogP contribution in [-0.2, 0) is 9.53 Å². The minimum Gasteiger partial charge on any atom is -0.378 e. The van der Waals surface area contributed by atoms with Crippen molar-refractivity contribution < 1.29 is 9.53 Å². The molecule has 4 heteroatoms. The van der Waals surface area contributed by atoms with Crippen molar-refractivity contribution in [2.45, 2.75) is 6.04 Å². The lowest BCUT2D eigenvalue weighted by Gasteiger charge is -2.27. The van der Waals surface area contributed by atoms with Gasteiger partial charge in [0.1, 0.15) is 12.3 Å². The van der Waals surface area contributed by atoms with Gasteiger partial charge in [-0.1, -0.05) is 0 Å². The molecule has 9 heavy (non-hydrogen) atoms. The molecule has 1 aliphatic heterocycles. The molecule has 0 amide bonds. The van der Waals surface area contributed by atoms with Crippen LogP contribution in [0.15, 0.2) is 0 Å². The van der Waals surface area contributed by atoms with E-state index in [1.54, 1.807) is 0 Å². The number of hydrogen-bond acceptors (Lipinski definition) is 4. The van der Waals surface area contributed by atoms with E-state index >= 15 is 0 Å². The van der Waals surface area contributed by atoms with Gasteiger partial charge in [0.05, 0.1) is 13.2 Å². The third kappa shape index (κ3) is 1.48. The van der Waals surface area contributed by atoms with Gasteiger partial charge in [0.25, 0.3) is 0 Å². The van der Waals surface area contributed by atoms with Gasteiger partial charge in [-0.15, -0.1) is 0 Å². The number of morpholine rings is 1. The number of nitrogens with two attached hydrogens (primary N) is 1. The van der Waals surface area contributed by atoms with E-state index in [1.807, 2.05) is 0 Å². The van der Waals surface area contributed by atoms with E-state index < -0.39 is 0 Å². The van der Waals surface area contributed by atoms with Gasteiger partial charge in [0.2, 0.25) is 0 Å². The van der Waals surface area contributed by atoms with E-state index in [-0.39, 0.29) is 6.04 Å². The van der Waals surface area contributed by atoms with Crippen molar-refractivity contribution in [1.82, 2.24) is 5.01 Å². The van der Waals surface area contributed by atoms with Crippen molar-refractivity contribution in [2.24, 2.45) is 5.84 Å². The summed E-state index contributed by atoms with van der Waals surface area (Å²) in [4.78, 5) is 10.2. The van der Waals surface area contributed by atoms with Gasteiger partial charge < -0.3 is 9.53 Å². The molecular weight excluding hydrogens is 120 g/mol. The highest BCUT2D eigenvalue weighted by Crippen LogP contribution is 1.97. The molecule has 0 spiro atoms. The summed E-state index contributed by atoms with van der Waals surface area (Å²) >= 11 is 0. The predicted octanol–water partition coefficient (Wildman–Crippen LogP) is -1.24. The van der Waals surface area contributed by atoms with Gasteiger partial charge >= 0.3 is 0 Å². The van der Waals surface area contributed by atoms with Crippen LogP contribution in [-0.4, -0.2) is 37.1 Å². The zero-order valence-corrected chi connectivity index (χ0v) is 5.12. The molecule has 0 aromatic rings. The third-order valence-electron chi connectivity index (χ3n) is 1.37. The summed E-state index contributed by atoms with van der Waals surface area (Å²) in [6, 6.07) is -0.237. The van der Waals surface area contributed by atoms with Crippen LogP contribution in [0, 0.1) is 0 Å². The molecular formula is C5H10N2O2. The predicted molar refractivity (Wildman–Crippen MR) is 31.6 cm³/mol. The van der Waals surface area contributed by atoms with Crippen molar-refractivity contribution in [1.29, 1.82) is 0 Å². The molecule has 0 bridgehead atoms. The number of hydrogen-bond donors (Lipinski definition) is 1. The van der Waals surface area contributed by atoms with Crippen molar-refractivity contribution in [2.75, 3.05) is 19.8 Å². The van der Waals surface area contributed by atoms with E-state index in [2.05, 4.69) is 0 Å². The summed E-state index contributed by atoms with van der Waals surface area (Å²) < 4.78 is 4.99. The van der Waals surface area contributed by atoms with Gasteiger partial charge in [-0.25, -0.2) is 5.01 Å². The third-order valence-corrected chi connectivity index (χ3v) is 1.37. The molecule has 1 aliphatic rings. The Morgan fingerprint density at radius 2 is 2.56 bits per heavy atom. The Bertz CT molecular complexity index is 107. The second kappa shape index (κ2) is 2.91. The van der Waals surface area contributed by atoms with E-state index in [0.29, 0.717) is 19.8 Å². The zero-order chi connectivity index (χ0) is 6.69. The number of aldehydes is 1. The van der Waals surface area contributed by atoms with Crippen LogP contribution in [0.5, 0.6) is 0 Å². The lowest BCUT2D eigenvalue weighted by molar-refractivity contribution is -0.118. The first-order valence-corrected chi connectivity index (χ1v) is 2.89. The van der Waals surface area contributed by atoms with Crippen molar-refractivity contribution in [3.05, 3.63) is 0 Å². The molecule has 1 rings (SSSR count). The molecule has 1 atom stereocenters. The lowest BCUT2D eigenvalue weighted by atomic mass is 10.3. The standard InChI is InChI=1S/C5H10N2O2/c6-7-1-2-9-4-5(7)3-8/h3,5H,1-2,4,6H2. The van der Waals surface area contributed by atoms with Gasteiger partial charge in [0, 0.05) is 6.54 Å². The van der Waals surface area contributed by atoms with Gasteiger partial charge in [-0.2, -0.15) is 0 Å². The summed E-state index contributed by atoms with van der Waals surface area (Å²) in [6.45, 7) is 1.70. The van der Waals surface area contributed by atoms with E-state index in [9.17, 15) is 4.79 Å². The van der Waals surface area contributed by atoms with Crippen LogP contribution in [0.2, 0.25) is 0 Å². The van der Waals surface area contributed by atoms with E-state index in [0.717, 1.165) is 6.29 Å². The molecule has 1 unspecified atom stereocenters. The molecule has 2 N–H and O–H groups in total. The molecule has 4 nitrogen and oxygen atoms in total. The molecule has 0 radical (unpaired) electrons. The topological polar surface area (TPSA) is 55.6 Å². The number of hydrazine groups is 1. The fourth-order valence-electron chi connectivity index (χ4n) is 0.753. The first-order chi connectivity index (χ1) is 4.34. The summed E-state index contributed by atoms with van der Waals surface area (Å²) in [7, 11) is 0. The first kappa shape index (κ1) is 6.67. The Hall–Kier alpha value is -0.450. The van der Waals surface area contributed by atoms with Crippen LogP contribution in [0.3, 0.4) is 0 Å². The van der Waals surface area contributed by atoms with Gasteiger partial charge in [-0.05, 0) is 0 Å². The zero-order valence-electron chi connectivity index (χ0n) is 5.12. The number of ether oxygens (including phenoxy) is 1. The highest BCUT2D eigenvalue weighted by atomic mass is 16.5. The van der Waals surface area contributed by atoms with Crippen molar-refractivity contribution >= 4 is 6.29 Å². The maximum Gasteiger partial charge on any atom is 0.140 e. The smallest absolute Gasteiger partial charge is 0.140 e. The second-order valence-corrected chi connectivity index (χ2v) is 2.02. The van der Waals surface area contributed by atoms with Gasteiger partial charge in [-0.3, -0.25) is 5.84 Å². The number of carbonyl (C=O) groups excluding carboxylic acids is 1. The Kier molecular flexibility index (Phi) is 2.16. The average molecular weight is 130 g/mol. The summed E-state index contributed by atoms with van der Waals surface area (Å²) in [5, 5.41) is 1.50. The largest absolute Gasteiger partial charge is 0.378 e. The van der Waals surface area contributed by atoms with Crippen molar-refractivity contribution in [3.63, 3.8) is 0 Å². The van der Waals surface area contributed by atoms with E-state index in [4.69, 9.17) is 10.6 Å². The second-order valence-electron chi connectivity index (χ2n) is 2.02. The monoisotopic (exact) mass is 130 g/mol. The Labute approximate surface area is 53.5 Å². The average Bonchev–Trinajstić information content (AvgIpc) is 1.89. The summed E-state index contributed by atoms with van der Waals surface area (Å²) in [5.41, 5.74) is 0. The Morgan fingerprint density at radius 3 is 3.00 bits per heavy atom. The first-order valence-electron chi connectivity index (χ1n) is 2.89. The van der Waals surface area contributed by atoms with Crippen LogP contribution < -0.4 is 5.84 Å². The van der Waals surface area contributed by atoms with Crippen LogP contribution in [0.25, 0.3) is 0 Å². The summed E-state index contributed by atoms with van der Waals surface area (Å²) in [5.74, 6) is 5.41. The number of rotatable bonds is 1. The van der Waals surface area contributed by atoms with Gasteiger partial charge in [0.15, 0.2) is 0 Å². The minimum atomic E-state index is -0.237. The molecule has 1 fully saturated rings. The molecule has 0 aromatic carbocycles. The number of nitrogens with zero attached hydrogens (tertiary/aromatic N) is 1. The minimum absolute atomic E-state index is 0.237. The maximum atomic E-state index is 10.2. The molecule has 1 saturated heterocycles. The normalized spacial score (nSPS) is 30.1. The molecule has 0 saturated carbocycles. The highest BCUT2D eigenvalue weighted by molar-refractivity contribution is 5.57. The Morgan fingerprint density at radius 1 is 1.78 bits per heavy atom. The molecule has 1 heterocycles. The lowest BCUT2D eigenvalue weighted by Crippen LogP contribution is -2.50. The van der Waals surface area contributed by atoms with Crippen molar-refractivity contribution in [3.8, 4) is 0 Å². The number of carbonyl (C=O) groups is 1. The van der Waals surface area contributed by atoms with E-state index in [1.165, 1.54) is 5.01 Å². The molecule has 0 aliphatic carbocycles. The molecule has 0 aromatic heterocycles. The maximum absolute atomic E-state index is 10.2. The summed E-state index contributed by atoms with van der Waals surface area (Å²) in [6.07, 6.45) is 0.805. The molecule has 52 valence electrons. The highest BCUT2D eigenvalue weighted by Gasteiger charge is 2.18. The fourth-order valence-corrected chi connectivity index (χ4v) is 0.753. The van der Waals surface area contributed by atoms with Crippen LogP contribution in [0.4, 0.5) is 0 Å². The fraction of sp³-hybridized carbons (Fsp3) is 0.800. The van der Waals surface area contributed by atoms with Crippen LogP contribution in [0.1, 0.15) is 0 Å². The quantitative estimate of drug-likeness (QED) is 0.356.